The number of nitrogens with zero attached hydrogens (tertiary/aromatic N) is 1. The number of rotatable bonds is 7. The number of esters is 1. The maximum Gasteiger partial charge on any atom is 0.344 e. The molecule has 2 aromatic carbocycles. The van der Waals surface area contributed by atoms with Crippen LogP contribution in [0.2, 0.25) is 0 Å². The number of oxazole rings is 1. The molecule has 25 heavy (non-hydrogen) atoms. The maximum absolute atomic E-state index is 11.7. The van der Waals surface area contributed by atoms with E-state index in [1.165, 1.54) is 0 Å². The average molecular weight is 337 g/mol. The summed E-state index contributed by atoms with van der Waals surface area (Å²) in [7, 11) is 0. The number of carbonyl (C=O) groups is 2. The van der Waals surface area contributed by atoms with Crippen molar-refractivity contribution in [2.45, 2.75) is 6.61 Å². The molecule has 0 unspecified atom stereocenters. The highest BCUT2D eigenvalue weighted by Crippen LogP contribution is 2.20. The zero-order valence-electron chi connectivity index (χ0n) is 13.3. The second-order valence-corrected chi connectivity index (χ2v) is 5.12. The zero-order valence-corrected chi connectivity index (χ0v) is 13.3. The second kappa shape index (κ2) is 7.92. The quantitative estimate of drug-likeness (QED) is 0.486. The molecule has 1 aromatic heterocycles. The van der Waals surface area contributed by atoms with Crippen LogP contribution in [0.3, 0.4) is 0 Å². The Morgan fingerprint density at radius 2 is 1.84 bits per heavy atom. The van der Waals surface area contributed by atoms with Crippen molar-refractivity contribution in [2.75, 3.05) is 6.61 Å². The van der Waals surface area contributed by atoms with Crippen LogP contribution in [0.4, 0.5) is 0 Å². The molecular formula is C19H15NO5. The first-order chi connectivity index (χ1) is 12.2. The van der Waals surface area contributed by atoms with Crippen LogP contribution in [0.5, 0.6) is 5.75 Å². The monoisotopic (exact) mass is 337 g/mol. The first-order valence-electron chi connectivity index (χ1n) is 7.58. The number of carbonyl (C=O) groups excluding carboxylic acids is 2. The van der Waals surface area contributed by atoms with Crippen molar-refractivity contribution in [3.05, 3.63) is 72.2 Å². The summed E-state index contributed by atoms with van der Waals surface area (Å²) in [5, 5.41) is 0. The van der Waals surface area contributed by atoms with Gasteiger partial charge in [0.05, 0.1) is 6.20 Å². The van der Waals surface area contributed by atoms with Crippen molar-refractivity contribution < 1.29 is 23.5 Å². The molecule has 0 fully saturated rings. The van der Waals surface area contributed by atoms with Crippen LogP contribution in [0, 0.1) is 0 Å². The molecule has 6 heteroatoms. The van der Waals surface area contributed by atoms with E-state index in [0.717, 1.165) is 11.8 Å². The molecule has 3 rings (SSSR count). The third-order valence-corrected chi connectivity index (χ3v) is 3.34. The molecular weight excluding hydrogens is 322 g/mol. The van der Waals surface area contributed by atoms with E-state index in [1.54, 1.807) is 30.5 Å². The van der Waals surface area contributed by atoms with E-state index in [4.69, 9.17) is 13.9 Å². The normalized spacial score (nSPS) is 10.2. The predicted molar refractivity (Wildman–Crippen MR) is 89.1 cm³/mol. The highest BCUT2D eigenvalue weighted by atomic mass is 16.6. The molecule has 6 nitrogen and oxygen atoms in total. The molecule has 0 saturated heterocycles. The van der Waals surface area contributed by atoms with E-state index >= 15 is 0 Å². The van der Waals surface area contributed by atoms with Crippen LogP contribution >= 0.6 is 0 Å². The van der Waals surface area contributed by atoms with Crippen LogP contribution in [0.25, 0.3) is 11.3 Å². The van der Waals surface area contributed by atoms with Crippen molar-refractivity contribution in [2.24, 2.45) is 0 Å². The van der Waals surface area contributed by atoms with Crippen molar-refractivity contribution >= 4 is 12.3 Å². The summed E-state index contributed by atoms with van der Waals surface area (Å²) in [6.07, 6.45) is 2.32. The van der Waals surface area contributed by atoms with E-state index in [1.807, 2.05) is 30.3 Å². The lowest BCUT2D eigenvalue weighted by Gasteiger charge is -2.05. The topological polar surface area (TPSA) is 78.6 Å². The molecule has 0 aliphatic carbocycles. The third kappa shape index (κ3) is 4.54. The summed E-state index contributed by atoms with van der Waals surface area (Å²) < 4.78 is 15.9. The molecule has 0 N–H and O–H groups in total. The van der Waals surface area contributed by atoms with Gasteiger partial charge in [-0.2, -0.15) is 0 Å². The number of benzene rings is 2. The Kier molecular flexibility index (Phi) is 5.21. The van der Waals surface area contributed by atoms with Crippen LogP contribution in [-0.2, 0) is 16.1 Å². The number of aldehydes is 1. The van der Waals surface area contributed by atoms with Gasteiger partial charge >= 0.3 is 5.97 Å². The Morgan fingerprint density at radius 3 is 2.56 bits per heavy atom. The molecule has 126 valence electrons. The van der Waals surface area contributed by atoms with Gasteiger partial charge in [0, 0.05) is 11.1 Å². The Bertz CT molecular complexity index is 840. The Balaban J connectivity index is 1.47. The summed E-state index contributed by atoms with van der Waals surface area (Å²) in [6, 6.07) is 15.9. The summed E-state index contributed by atoms with van der Waals surface area (Å²) in [4.78, 5) is 26.4. The zero-order chi connectivity index (χ0) is 17.5. The van der Waals surface area contributed by atoms with Gasteiger partial charge in [-0.15, -0.1) is 0 Å². The van der Waals surface area contributed by atoms with Crippen LogP contribution in [-0.4, -0.2) is 23.8 Å². The van der Waals surface area contributed by atoms with Gasteiger partial charge in [-0.05, 0) is 24.3 Å². The largest absolute Gasteiger partial charge is 0.482 e. The Labute approximate surface area is 144 Å². The lowest BCUT2D eigenvalue weighted by atomic mass is 10.2. The van der Waals surface area contributed by atoms with Gasteiger partial charge in [-0.1, -0.05) is 30.3 Å². The molecule has 0 saturated carbocycles. The van der Waals surface area contributed by atoms with Crippen LogP contribution in [0.15, 0.2) is 65.2 Å². The summed E-state index contributed by atoms with van der Waals surface area (Å²) in [6.45, 7) is -0.314. The van der Waals surface area contributed by atoms with Crippen molar-refractivity contribution in [1.82, 2.24) is 4.98 Å². The van der Waals surface area contributed by atoms with E-state index in [2.05, 4.69) is 4.98 Å². The van der Waals surface area contributed by atoms with E-state index < -0.39 is 5.97 Å². The molecule has 3 aromatic rings. The first kappa shape index (κ1) is 16.4. The van der Waals surface area contributed by atoms with Gasteiger partial charge in [0.2, 0.25) is 5.89 Å². The van der Waals surface area contributed by atoms with Crippen molar-refractivity contribution in [3.8, 4) is 17.1 Å². The molecule has 0 bridgehead atoms. The van der Waals surface area contributed by atoms with Crippen LogP contribution < -0.4 is 4.74 Å². The number of hydrogen-bond acceptors (Lipinski definition) is 6. The van der Waals surface area contributed by atoms with Gasteiger partial charge in [-0.3, -0.25) is 4.79 Å². The fourth-order valence-corrected chi connectivity index (χ4v) is 2.08. The summed E-state index contributed by atoms with van der Waals surface area (Å²) in [5.41, 5.74) is 1.43. The fourth-order valence-electron chi connectivity index (χ4n) is 2.08. The van der Waals surface area contributed by atoms with E-state index in [9.17, 15) is 9.59 Å². The Hall–Kier alpha value is -3.41. The lowest BCUT2D eigenvalue weighted by Crippen LogP contribution is -2.14. The average Bonchev–Trinajstić information content (AvgIpc) is 3.15. The van der Waals surface area contributed by atoms with Gasteiger partial charge in [0.15, 0.2) is 19.0 Å². The third-order valence-electron chi connectivity index (χ3n) is 3.34. The van der Waals surface area contributed by atoms with Crippen molar-refractivity contribution in [1.29, 1.82) is 0 Å². The predicted octanol–water partition coefficient (Wildman–Crippen LogP) is 3.28. The molecule has 0 aliphatic heterocycles. The highest BCUT2D eigenvalue weighted by Gasteiger charge is 2.10. The van der Waals surface area contributed by atoms with Gasteiger partial charge in [-0.25, -0.2) is 9.78 Å². The highest BCUT2D eigenvalue weighted by molar-refractivity contribution is 5.75. The van der Waals surface area contributed by atoms with Crippen molar-refractivity contribution in [3.63, 3.8) is 0 Å². The fraction of sp³-hybridized carbons (Fsp3) is 0.105. The van der Waals surface area contributed by atoms with Gasteiger partial charge in [0.1, 0.15) is 12.0 Å². The van der Waals surface area contributed by atoms with Gasteiger partial charge < -0.3 is 13.9 Å². The Morgan fingerprint density at radius 1 is 1.08 bits per heavy atom. The molecule has 1 heterocycles. The second-order valence-electron chi connectivity index (χ2n) is 5.12. The number of aromatic nitrogens is 1. The van der Waals surface area contributed by atoms with E-state index in [0.29, 0.717) is 23.0 Å². The SMILES string of the molecule is O=Cc1ccc(OCC(=O)OCc2ncc(-c3ccccc3)o2)cc1. The molecule has 0 aliphatic rings. The molecule has 0 spiro atoms. The summed E-state index contributed by atoms with van der Waals surface area (Å²) >= 11 is 0. The minimum Gasteiger partial charge on any atom is -0.482 e. The number of hydrogen-bond donors (Lipinski definition) is 0. The molecule has 0 atom stereocenters. The minimum atomic E-state index is -0.543. The maximum atomic E-state index is 11.7. The molecule has 0 radical (unpaired) electrons. The minimum absolute atomic E-state index is 0.0703. The summed E-state index contributed by atoms with van der Waals surface area (Å²) in [5.74, 6) is 0.852. The smallest absolute Gasteiger partial charge is 0.344 e. The standard InChI is InChI=1S/C19H15NO5/c21-11-14-6-8-16(9-7-14)23-13-19(22)24-12-18-20-10-17(25-18)15-4-2-1-3-5-15/h1-11H,12-13H2. The van der Waals surface area contributed by atoms with Gasteiger partial charge in [0.25, 0.3) is 0 Å². The first-order valence-corrected chi connectivity index (χ1v) is 7.58. The number of ether oxygens (including phenoxy) is 2. The molecule has 0 amide bonds. The van der Waals surface area contributed by atoms with E-state index in [-0.39, 0.29) is 13.2 Å². The lowest BCUT2D eigenvalue weighted by molar-refractivity contribution is -0.148. The van der Waals surface area contributed by atoms with Crippen LogP contribution in [0.1, 0.15) is 16.2 Å².